The van der Waals surface area contributed by atoms with E-state index in [1.54, 1.807) is 31.2 Å². The summed E-state index contributed by atoms with van der Waals surface area (Å²) < 4.78 is 48.0. The lowest BCUT2D eigenvalue weighted by Gasteiger charge is -2.15. The van der Waals surface area contributed by atoms with Crippen molar-refractivity contribution in [3.63, 3.8) is 0 Å². The molecule has 0 aliphatic heterocycles. The van der Waals surface area contributed by atoms with E-state index in [0.717, 1.165) is 17.7 Å². The van der Waals surface area contributed by atoms with E-state index in [9.17, 15) is 18.0 Å². The van der Waals surface area contributed by atoms with E-state index in [2.05, 4.69) is 12.6 Å². The van der Waals surface area contributed by atoms with E-state index < -0.39 is 23.0 Å². The predicted octanol–water partition coefficient (Wildman–Crippen LogP) is 5.04. The fourth-order valence-corrected chi connectivity index (χ4v) is 2.82. The zero-order valence-corrected chi connectivity index (χ0v) is 16.0. The molecule has 2 aromatic carbocycles. The van der Waals surface area contributed by atoms with Gasteiger partial charge in [-0.15, -0.1) is 0 Å². The number of carbonyl (C=O) groups excluding carboxylic acids is 1. The van der Waals surface area contributed by atoms with Crippen LogP contribution >= 0.6 is 24.8 Å². The Bertz CT molecular complexity index is 787. The van der Waals surface area contributed by atoms with Gasteiger partial charge in [-0.25, -0.2) is 4.79 Å². The maximum atomic E-state index is 12.6. The Labute approximate surface area is 165 Å². The van der Waals surface area contributed by atoms with Crippen LogP contribution in [0.2, 0.25) is 0 Å². The number of hydrogen-bond donors (Lipinski definition) is 1. The molecule has 3 nitrogen and oxygen atoms in total. The Morgan fingerprint density at radius 3 is 2.22 bits per heavy atom. The second-order valence-corrected chi connectivity index (χ2v) is 6.46. The lowest BCUT2D eigenvalue weighted by Crippen LogP contribution is -2.14. The van der Waals surface area contributed by atoms with Crippen molar-refractivity contribution in [2.24, 2.45) is 0 Å². The van der Waals surface area contributed by atoms with Gasteiger partial charge in [0.25, 0.3) is 0 Å². The highest BCUT2D eigenvalue weighted by molar-refractivity contribution is 7.86. The fraction of sp³-hybridized carbons (Fsp3) is 0.263. The Kier molecular flexibility index (Phi) is 7.26. The molecule has 1 unspecified atom stereocenters. The molecule has 0 heterocycles. The summed E-state index contributed by atoms with van der Waals surface area (Å²) in [6, 6.07) is 11.4. The molecule has 0 aromatic heterocycles. The quantitative estimate of drug-likeness (QED) is 0.298. The molecule has 2 rings (SSSR count). The number of halogens is 3. The lowest BCUT2D eigenvalue weighted by atomic mass is 10.0. The van der Waals surface area contributed by atoms with Gasteiger partial charge in [-0.2, -0.15) is 25.8 Å². The molecule has 0 spiro atoms. The third kappa shape index (κ3) is 5.97. The molecule has 0 fully saturated rings. The number of esters is 1. The molecular weight excluding hydrogens is 397 g/mol. The number of ether oxygens (including phenoxy) is 2. The molecule has 0 aliphatic rings. The average Bonchev–Trinajstić information content (AvgIpc) is 2.65. The summed E-state index contributed by atoms with van der Waals surface area (Å²) in [6.45, 7) is 1.80. The van der Waals surface area contributed by atoms with Crippen LogP contribution in [0.15, 0.2) is 48.5 Å². The highest BCUT2D eigenvalue weighted by Crippen LogP contribution is 2.31. The van der Waals surface area contributed by atoms with E-state index in [4.69, 9.17) is 21.7 Å². The van der Waals surface area contributed by atoms with Crippen molar-refractivity contribution in [1.29, 1.82) is 0 Å². The van der Waals surface area contributed by atoms with Crippen molar-refractivity contribution in [1.82, 2.24) is 0 Å². The first-order valence-corrected chi connectivity index (χ1v) is 8.92. The summed E-state index contributed by atoms with van der Waals surface area (Å²) in [6.07, 6.45) is -4.39. The zero-order valence-electron chi connectivity index (χ0n) is 14.3. The summed E-state index contributed by atoms with van der Waals surface area (Å²) >= 11 is 9.84. The van der Waals surface area contributed by atoms with Crippen LogP contribution in [-0.2, 0) is 15.7 Å². The topological polar surface area (TPSA) is 35.5 Å². The Morgan fingerprint density at radius 1 is 1.11 bits per heavy atom. The standard InChI is InChI=1S/C19H17F3O3S2/c1-2-24-16(23)11-25-15-9-5-13(6-10-15)18(27)17(26)12-3-7-14(8-4-12)19(20,21)22/h3-10,18,27H,2,11H2,1H3. The monoisotopic (exact) mass is 414 g/mol. The van der Waals surface area contributed by atoms with Crippen LogP contribution in [0.25, 0.3) is 0 Å². The van der Waals surface area contributed by atoms with Gasteiger partial charge >= 0.3 is 12.1 Å². The first-order valence-electron chi connectivity index (χ1n) is 8.00. The van der Waals surface area contributed by atoms with Gasteiger partial charge in [0.15, 0.2) is 6.61 Å². The van der Waals surface area contributed by atoms with Gasteiger partial charge in [0.1, 0.15) is 5.75 Å². The average molecular weight is 414 g/mol. The van der Waals surface area contributed by atoms with E-state index >= 15 is 0 Å². The molecule has 8 heteroatoms. The number of rotatable bonds is 7. The van der Waals surface area contributed by atoms with Crippen LogP contribution in [0.1, 0.15) is 28.9 Å². The minimum atomic E-state index is -4.39. The zero-order chi connectivity index (χ0) is 20.0. The van der Waals surface area contributed by atoms with Crippen LogP contribution in [0.3, 0.4) is 0 Å². The van der Waals surface area contributed by atoms with E-state index in [-0.39, 0.29) is 13.2 Å². The van der Waals surface area contributed by atoms with Crippen LogP contribution in [-0.4, -0.2) is 24.0 Å². The minimum Gasteiger partial charge on any atom is -0.482 e. The molecule has 0 radical (unpaired) electrons. The predicted molar refractivity (Wildman–Crippen MR) is 103 cm³/mol. The van der Waals surface area contributed by atoms with Gasteiger partial charge in [-0.05, 0) is 42.3 Å². The molecule has 0 saturated carbocycles. The number of alkyl halides is 3. The lowest BCUT2D eigenvalue weighted by molar-refractivity contribution is -0.145. The SMILES string of the molecule is CCOC(=O)COc1ccc(C(S)C(=S)c2ccc(C(F)(F)F)cc2)cc1. The number of benzene rings is 2. The van der Waals surface area contributed by atoms with Crippen molar-refractivity contribution in [3.8, 4) is 5.75 Å². The maximum absolute atomic E-state index is 12.6. The van der Waals surface area contributed by atoms with Crippen LogP contribution in [0.4, 0.5) is 13.2 Å². The largest absolute Gasteiger partial charge is 0.482 e. The van der Waals surface area contributed by atoms with Crippen molar-refractivity contribution in [2.45, 2.75) is 18.3 Å². The second-order valence-electron chi connectivity index (χ2n) is 5.50. The van der Waals surface area contributed by atoms with Crippen molar-refractivity contribution in [2.75, 3.05) is 13.2 Å². The van der Waals surface area contributed by atoms with Gasteiger partial charge in [-0.1, -0.05) is 36.5 Å². The van der Waals surface area contributed by atoms with Gasteiger partial charge in [0, 0.05) is 4.86 Å². The minimum absolute atomic E-state index is 0.193. The van der Waals surface area contributed by atoms with Crippen LogP contribution < -0.4 is 4.74 Å². The molecule has 0 saturated heterocycles. The molecular formula is C19H17F3O3S2. The highest BCUT2D eigenvalue weighted by Gasteiger charge is 2.30. The Hall–Kier alpha value is -2.06. The summed E-state index contributed by atoms with van der Waals surface area (Å²) in [5.41, 5.74) is 0.528. The number of hydrogen-bond acceptors (Lipinski definition) is 5. The Morgan fingerprint density at radius 2 is 1.70 bits per heavy atom. The fourth-order valence-electron chi connectivity index (χ4n) is 2.22. The van der Waals surface area contributed by atoms with E-state index in [1.165, 1.54) is 12.1 Å². The third-order valence-electron chi connectivity index (χ3n) is 3.60. The van der Waals surface area contributed by atoms with E-state index in [0.29, 0.717) is 16.2 Å². The maximum Gasteiger partial charge on any atom is 0.416 e. The van der Waals surface area contributed by atoms with Crippen molar-refractivity contribution in [3.05, 3.63) is 65.2 Å². The van der Waals surface area contributed by atoms with Gasteiger partial charge in [0.05, 0.1) is 17.4 Å². The van der Waals surface area contributed by atoms with Crippen molar-refractivity contribution >= 4 is 35.7 Å². The summed E-state index contributed by atoms with van der Waals surface area (Å²) in [7, 11) is 0. The first-order chi connectivity index (χ1) is 12.7. The number of thiol groups is 1. The van der Waals surface area contributed by atoms with Gasteiger partial charge in [0.2, 0.25) is 0 Å². The molecule has 2 aromatic rings. The van der Waals surface area contributed by atoms with Crippen LogP contribution in [0.5, 0.6) is 5.75 Å². The molecule has 0 N–H and O–H groups in total. The first kappa shape index (κ1) is 21.2. The van der Waals surface area contributed by atoms with Gasteiger partial charge < -0.3 is 9.47 Å². The summed E-state index contributed by atoms with van der Waals surface area (Å²) in [5.74, 6) is 0.0184. The van der Waals surface area contributed by atoms with Crippen LogP contribution in [0, 0.1) is 0 Å². The Balaban J connectivity index is 2.03. The molecule has 0 bridgehead atoms. The molecule has 0 amide bonds. The number of carbonyl (C=O) groups is 1. The molecule has 1 atom stereocenters. The van der Waals surface area contributed by atoms with Gasteiger partial charge in [-0.3, -0.25) is 0 Å². The smallest absolute Gasteiger partial charge is 0.416 e. The normalized spacial score (nSPS) is 12.3. The molecule has 144 valence electrons. The summed E-state index contributed by atoms with van der Waals surface area (Å²) in [4.78, 5) is 11.7. The summed E-state index contributed by atoms with van der Waals surface area (Å²) in [5, 5.41) is -0.476. The second kappa shape index (κ2) is 9.23. The van der Waals surface area contributed by atoms with Crippen molar-refractivity contribution < 1.29 is 27.4 Å². The number of thiocarbonyl (C=S) groups is 1. The third-order valence-corrected chi connectivity index (χ3v) is 4.81. The molecule has 27 heavy (non-hydrogen) atoms. The highest BCUT2D eigenvalue weighted by atomic mass is 32.1. The molecule has 0 aliphatic carbocycles. The van der Waals surface area contributed by atoms with E-state index in [1.807, 2.05) is 0 Å².